The fourth-order valence-electron chi connectivity index (χ4n) is 4.03. The van der Waals surface area contributed by atoms with E-state index in [-0.39, 0.29) is 17.9 Å². The van der Waals surface area contributed by atoms with Crippen molar-refractivity contribution in [3.63, 3.8) is 0 Å². The minimum atomic E-state index is -1.07. The van der Waals surface area contributed by atoms with Crippen LogP contribution in [0.2, 0.25) is 0 Å². The van der Waals surface area contributed by atoms with Gasteiger partial charge < -0.3 is 14.4 Å². The van der Waals surface area contributed by atoms with Crippen molar-refractivity contribution < 1.29 is 14.3 Å². The fraction of sp³-hybridized carbons (Fsp3) is 0.524. The predicted octanol–water partition coefficient (Wildman–Crippen LogP) is 3.57. The van der Waals surface area contributed by atoms with Crippen molar-refractivity contribution in [3.8, 4) is 5.00 Å². The van der Waals surface area contributed by atoms with Gasteiger partial charge in [-0.3, -0.25) is 4.79 Å². The van der Waals surface area contributed by atoms with Crippen LogP contribution < -0.4 is 0 Å². The molecule has 0 spiro atoms. The van der Waals surface area contributed by atoms with Gasteiger partial charge in [0, 0.05) is 17.5 Å². The largest absolute Gasteiger partial charge is 0.445 e. The summed E-state index contributed by atoms with van der Waals surface area (Å²) >= 11 is 1.50. The number of amides is 1. The second kappa shape index (κ2) is 7.63. The highest BCUT2D eigenvalue weighted by atomic mass is 32.1. The van der Waals surface area contributed by atoms with Gasteiger partial charge in [-0.1, -0.05) is 0 Å². The molecule has 160 valence electrons. The van der Waals surface area contributed by atoms with Crippen LogP contribution in [0.25, 0.3) is 5.00 Å². The van der Waals surface area contributed by atoms with Crippen molar-refractivity contribution in [2.45, 2.75) is 65.0 Å². The van der Waals surface area contributed by atoms with Crippen LogP contribution in [0.3, 0.4) is 0 Å². The first-order valence-corrected chi connectivity index (χ1v) is 10.9. The maximum atomic E-state index is 13.5. The van der Waals surface area contributed by atoms with Crippen LogP contribution in [0.1, 0.15) is 72.1 Å². The number of likely N-dealkylation sites (tertiary alicyclic amines) is 1. The monoisotopic (exact) mass is 429 g/mol. The van der Waals surface area contributed by atoms with E-state index in [1.165, 1.54) is 16.1 Å². The number of thiophene rings is 1. The molecule has 4 heterocycles. The average Bonchev–Trinajstić information content (AvgIpc) is 3.40. The Hall–Kier alpha value is -2.52. The van der Waals surface area contributed by atoms with Gasteiger partial charge in [0.25, 0.3) is 5.91 Å². The standard InChI is InChI=1S/C21H27N5O3S/c1-12-6-7-15(18-24-17(14(3)29-18)21(4,5)28)11-25(12)19(27)16-10-13(2)30-20(16)26-22-8-9-23-26/h8-10,12,15,28H,6-7,11H2,1-5H3/t12-,15?/m1/s1. The number of carbonyl (C=O) groups excluding carboxylic acids is 1. The summed E-state index contributed by atoms with van der Waals surface area (Å²) in [7, 11) is 0. The number of hydrogen-bond donors (Lipinski definition) is 1. The van der Waals surface area contributed by atoms with Gasteiger partial charge in [0.05, 0.1) is 23.9 Å². The number of nitrogens with zero attached hydrogens (tertiary/aromatic N) is 5. The number of piperidine rings is 1. The maximum Gasteiger partial charge on any atom is 0.257 e. The quantitative estimate of drug-likeness (QED) is 0.681. The zero-order chi connectivity index (χ0) is 21.6. The van der Waals surface area contributed by atoms with Crippen LogP contribution in [0.4, 0.5) is 0 Å². The third-order valence-corrected chi connectivity index (χ3v) is 6.57. The van der Waals surface area contributed by atoms with E-state index in [1.807, 2.05) is 24.8 Å². The van der Waals surface area contributed by atoms with Crippen molar-refractivity contribution in [2.24, 2.45) is 0 Å². The molecule has 3 aromatic rings. The molecule has 0 aromatic carbocycles. The molecule has 1 saturated heterocycles. The molecule has 1 aliphatic heterocycles. The van der Waals surface area contributed by atoms with E-state index in [0.717, 1.165) is 22.7 Å². The predicted molar refractivity (Wildman–Crippen MR) is 113 cm³/mol. The van der Waals surface area contributed by atoms with Gasteiger partial charge in [-0.15, -0.1) is 16.1 Å². The van der Waals surface area contributed by atoms with E-state index in [2.05, 4.69) is 22.1 Å². The molecule has 9 heteroatoms. The molecule has 1 aliphatic rings. The van der Waals surface area contributed by atoms with Gasteiger partial charge in [0.15, 0.2) is 10.9 Å². The number of aryl methyl sites for hydroxylation is 2. The van der Waals surface area contributed by atoms with Crippen LogP contribution >= 0.6 is 11.3 Å². The second-order valence-corrected chi connectivity index (χ2v) is 9.73. The average molecular weight is 430 g/mol. The summed E-state index contributed by atoms with van der Waals surface area (Å²) in [6.07, 6.45) is 4.95. The molecule has 4 rings (SSSR count). The number of rotatable bonds is 4. The smallest absolute Gasteiger partial charge is 0.257 e. The van der Waals surface area contributed by atoms with E-state index in [1.54, 1.807) is 26.2 Å². The third-order valence-electron chi connectivity index (χ3n) is 5.55. The molecule has 30 heavy (non-hydrogen) atoms. The molecule has 0 radical (unpaired) electrons. The zero-order valence-electron chi connectivity index (χ0n) is 17.9. The van der Waals surface area contributed by atoms with Gasteiger partial charge >= 0.3 is 0 Å². The van der Waals surface area contributed by atoms with Crippen LogP contribution in [0.5, 0.6) is 0 Å². The zero-order valence-corrected chi connectivity index (χ0v) is 18.7. The minimum Gasteiger partial charge on any atom is -0.445 e. The first kappa shape index (κ1) is 20.7. The molecule has 3 aromatic heterocycles. The summed E-state index contributed by atoms with van der Waals surface area (Å²) < 4.78 is 5.91. The van der Waals surface area contributed by atoms with E-state index in [4.69, 9.17) is 4.42 Å². The molecular weight excluding hydrogens is 402 g/mol. The van der Waals surface area contributed by atoms with E-state index < -0.39 is 5.60 Å². The van der Waals surface area contributed by atoms with Gasteiger partial charge in [0.1, 0.15) is 17.1 Å². The summed E-state index contributed by atoms with van der Waals surface area (Å²) in [5.41, 5.74) is 0.0971. The van der Waals surface area contributed by atoms with Crippen molar-refractivity contribution in [1.29, 1.82) is 0 Å². The van der Waals surface area contributed by atoms with E-state index in [9.17, 15) is 9.90 Å². The summed E-state index contributed by atoms with van der Waals surface area (Å²) in [4.78, 5) is 22.5. The molecule has 0 aliphatic carbocycles. The van der Waals surface area contributed by atoms with Crippen molar-refractivity contribution in [2.75, 3.05) is 6.54 Å². The highest BCUT2D eigenvalue weighted by Gasteiger charge is 2.35. The first-order valence-electron chi connectivity index (χ1n) is 10.1. The van der Waals surface area contributed by atoms with Gasteiger partial charge in [-0.2, -0.15) is 10.2 Å². The lowest BCUT2D eigenvalue weighted by molar-refractivity contribution is 0.0595. The lowest BCUT2D eigenvalue weighted by atomic mass is 9.92. The Morgan fingerprint density at radius 1 is 1.27 bits per heavy atom. The van der Waals surface area contributed by atoms with Gasteiger partial charge in [0.2, 0.25) is 0 Å². The normalized spacial score (nSPS) is 20.0. The lowest BCUT2D eigenvalue weighted by Gasteiger charge is -2.37. The Balaban J connectivity index is 1.62. The fourth-order valence-corrected chi connectivity index (χ4v) is 4.94. The maximum absolute atomic E-state index is 13.5. The molecule has 1 amide bonds. The number of carbonyl (C=O) groups is 1. The van der Waals surface area contributed by atoms with Crippen LogP contribution in [0, 0.1) is 13.8 Å². The van der Waals surface area contributed by atoms with Crippen molar-refractivity contribution in [3.05, 3.63) is 46.2 Å². The number of aromatic nitrogens is 4. The van der Waals surface area contributed by atoms with Crippen LogP contribution in [-0.4, -0.2) is 48.5 Å². The Morgan fingerprint density at radius 2 is 1.97 bits per heavy atom. The third kappa shape index (κ3) is 3.79. The van der Waals surface area contributed by atoms with Crippen molar-refractivity contribution in [1.82, 2.24) is 24.9 Å². The molecule has 8 nitrogen and oxygen atoms in total. The summed E-state index contributed by atoms with van der Waals surface area (Å²) in [6, 6.07) is 2.01. The summed E-state index contributed by atoms with van der Waals surface area (Å²) in [5, 5.41) is 19.5. The number of oxazole rings is 1. The van der Waals surface area contributed by atoms with E-state index in [0.29, 0.717) is 29.5 Å². The van der Waals surface area contributed by atoms with Gasteiger partial charge in [-0.05, 0) is 53.5 Å². The van der Waals surface area contributed by atoms with Gasteiger partial charge in [-0.25, -0.2) is 4.98 Å². The molecule has 0 bridgehead atoms. The van der Waals surface area contributed by atoms with E-state index >= 15 is 0 Å². The second-order valence-electron chi connectivity index (χ2n) is 8.49. The molecular formula is C21H27N5O3S. The molecule has 1 unspecified atom stereocenters. The molecule has 1 N–H and O–H groups in total. The Morgan fingerprint density at radius 3 is 2.60 bits per heavy atom. The highest BCUT2D eigenvalue weighted by molar-refractivity contribution is 7.14. The Kier molecular flexibility index (Phi) is 5.27. The summed E-state index contributed by atoms with van der Waals surface area (Å²) in [6.45, 7) is 9.78. The lowest BCUT2D eigenvalue weighted by Crippen LogP contribution is -2.45. The SMILES string of the molecule is Cc1cc(C(=O)N2CC(c3nc(C(C)(C)O)c(C)o3)CC[C@H]2C)c(-n2nccn2)s1. The topological polar surface area (TPSA) is 97.3 Å². The number of hydrogen-bond acceptors (Lipinski definition) is 7. The molecule has 1 fully saturated rings. The Labute approximate surface area is 179 Å². The highest BCUT2D eigenvalue weighted by Crippen LogP contribution is 2.35. The van der Waals surface area contributed by atoms with Crippen LogP contribution in [0.15, 0.2) is 22.9 Å². The minimum absolute atomic E-state index is 0.00837. The molecule has 0 saturated carbocycles. The van der Waals surface area contributed by atoms with Crippen LogP contribution in [-0.2, 0) is 5.60 Å². The summed E-state index contributed by atoms with van der Waals surface area (Å²) in [5.74, 6) is 1.17. The molecule has 2 atom stereocenters. The van der Waals surface area contributed by atoms with Crippen molar-refractivity contribution >= 4 is 17.2 Å². The Bertz CT molecular complexity index is 1050. The first-order chi connectivity index (χ1) is 14.1. The number of aliphatic hydroxyl groups is 1.